The topological polar surface area (TPSA) is 42.4 Å². The van der Waals surface area contributed by atoms with E-state index in [1.54, 1.807) is 0 Å². The van der Waals surface area contributed by atoms with E-state index >= 15 is 0 Å². The Morgan fingerprint density at radius 1 is 1.11 bits per heavy atom. The molecule has 0 spiro atoms. The number of fused-ring (bicyclic) bond motifs is 1. The number of rotatable bonds is 7. The Kier molecular flexibility index (Phi) is 8.92. The van der Waals surface area contributed by atoms with Gasteiger partial charge in [-0.15, -0.1) is 0 Å². The third-order valence-corrected chi connectivity index (χ3v) is 13.7. The second-order valence-electron chi connectivity index (χ2n) is 13.9. The fourth-order valence-corrected chi connectivity index (χ4v) is 7.54. The first-order chi connectivity index (χ1) is 16.4. The summed E-state index contributed by atoms with van der Waals surface area (Å²) in [6.07, 6.45) is 2.27. The number of benzene rings is 1. The average Bonchev–Trinajstić information content (AvgIpc) is 2.70. The molecule has 3 rings (SSSR count). The third-order valence-electron chi connectivity index (χ3n) is 8.02. The highest BCUT2D eigenvalue weighted by Gasteiger charge is 2.44. The summed E-state index contributed by atoms with van der Waals surface area (Å²) in [5, 5.41) is 11.9. The maximum absolute atomic E-state index is 11.8. The van der Waals surface area contributed by atoms with Crippen molar-refractivity contribution in [3.8, 4) is 0 Å². The summed E-state index contributed by atoms with van der Waals surface area (Å²) in [6, 6.07) is 8.51. The molecule has 5 heteroatoms. The lowest BCUT2D eigenvalue weighted by atomic mass is 9.74. The van der Waals surface area contributed by atoms with Crippen LogP contribution in [0.5, 0.6) is 0 Å². The number of aliphatic hydroxyl groups is 1. The van der Waals surface area contributed by atoms with Crippen LogP contribution in [-0.4, -0.2) is 18.4 Å². The minimum atomic E-state index is -2.00. The van der Waals surface area contributed by atoms with Gasteiger partial charge in [0.1, 0.15) is 6.10 Å². The lowest BCUT2D eigenvalue weighted by Gasteiger charge is -2.44. The van der Waals surface area contributed by atoms with E-state index in [2.05, 4.69) is 122 Å². The van der Waals surface area contributed by atoms with Gasteiger partial charge in [0.25, 0.3) is 0 Å². The summed E-state index contributed by atoms with van der Waals surface area (Å²) in [7, 11) is -2.00. The summed E-state index contributed by atoms with van der Waals surface area (Å²) < 4.78 is 8.23. The van der Waals surface area contributed by atoms with Crippen molar-refractivity contribution < 1.29 is 9.53 Å². The molecule has 1 unspecified atom stereocenters. The largest absolute Gasteiger partial charge is 0.410 e. The highest BCUT2D eigenvalue weighted by Crippen LogP contribution is 2.50. The van der Waals surface area contributed by atoms with Gasteiger partial charge in [0, 0.05) is 20.4 Å². The number of nitrogens with zero attached hydrogens (tertiary/aromatic N) is 1. The van der Waals surface area contributed by atoms with Crippen molar-refractivity contribution in [3.63, 3.8) is 0 Å². The van der Waals surface area contributed by atoms with E-state index in [0.717, 1.165) is 45.3 Å². The van der Waals surface area contributed by atoms with Gasteiger partial charge in [0.15, 0.2) is 8.32 Å². The van der Waals surface area contributed by atoms with Crippen LogP contribution in [0, 0.1) is 14.9 Å². The number of hydrogen-bond acceptors (Lipinski definition) is 3. The van der Waals surface area contributed by atoms with Gasteiger partial charge in [-0.05, 0) is 88.4 Å². The van der Waals surface area contributed by atoms with Crippen LogP contribution in [0.15, 0.2) is 24.3 Å². The van der Waals surface area contributed by atoms with E-state index < -0.39 is 14.4 Å². The van der Waals surface area contributed by atoms with Crippen LogP contribution in [0.4, 0.5) is 0 Å². The zero-order chi connectivity index (χ0) is 27.2. The zero-order valence-corrected chi connectivity index (χ0v) is 27.6. The number of pyridine rings is 1. The molecular formula is C31H48INO2Si. The molecule has 1 aliphatic carbocycles. The van der Waals surface area contributed by atoms with Crippen molar-refractivity contribution in [1.29, 1.82) is 0 Å². The van der Waals surface area contributed by atoms with E-state index in [1.165, 1.54) is 11.1 Å². The average molecular weight is 622 g/mol. The molecule has 1 aromatic carbocycles. The minimum Gasteiger partial charge on any atom is -0.410 e. The van der Waals surface area contributed by atoms with E-state index in [4.69, 9.17) is 9.41 Å². The van der Waals surface area contributed by atoms with Crippen molar-refractivity contribution in [2.75, 3.05) is 0 Å². The van der Waals surface area contributed by atoms with Crippen LogP contribution in [0.1, 0.15) is 121 Å². The van der Waals surface area contributed by atoms with Crippen LogP contribution in [0.3, 0.4) is 0 Å². The van der Waals surface area contributed by atoms with E-state index in [9.17, 15) is 5.11 Å². The van der Waals surface area contributed by atoms with Crippen LogP contribution < -0.4 is 0 Å². The molecule has 2 aromatic rings. The number of halogens is 1. The molecule has 36 heavy (non-hydrogen) atoms. The summed E-state index contributed by atoms with van der Waals surface area (Å²) in [5.41, 5.74) is 6.72. The highest BCUT2D eigenvalue weighted by atomic mass is 127. The Hall–Kier alpha value is -0.763. The smallest absolute Gasteiger partial charge is 0.192 e. The molecule has 0 bridgehead atoms. The molecule has 0 saturated carbocycles. The maximum atomic E-state index is 11.8. The van der Waals surface area contributed by atoms with Crippen molar-refractivity contribution in [2.24, 2.45) is 11.3 Å². The highest BCUT2D eigenvalue weighted by molar-refractivity contribution is 14.1. The lowest BCUT2D eigenvalue weighted by Crippen LogP contribution is -2.44. The first-order valence-electron chi connectivity index (χ1n) is 13.6. The molecule has 1 N–H and O–H groups in total. The van der Waals surface area contributed by atoms with Crippen LogP contribution in [-0.2, 0) is 17.3 Å². The summed E-state index contributed by atoms with van der Waals surface area (Å²) in [6.45, 7) is 25.1. The quantitative estimate of drug-likeness (QED) is 0.248. The van der Waals surface area contributed by atoms with Crippen LogP contribution in [0.2, 0.25) is 18.1 Å². The Morgan fingerprint density at radius 2 is 1.69 bits per heavy atom. The van der Waals surface area contributed by atoms with Gasteiger partial charge < -0.3 is 9.53 Å². The third kappa shape index (κ3) is 6.44. The fraction of sp³-hybridized carbons (Fsp3) is 0.645. The van der Waals surface area contributed by atoms with Gasteiger partial charge in [0.05, 0.1) is 11.8 Å². The van der Waals surface area contributed by atoms with Gasteiger partial charge in [0.2, 0.25) is 0 Å². The Bertz CT molecular complexity index is 1070. The fourth-order valence-electron chi connectivity index (χ4n) is 5.05. The Labute approximate surface area is 235 Å². The van der Waals surface area contributed by atoms with Crippen LogP contribution >= 0.6 is 22.6 Å². The SMILES string of the molecule is CC(C)Cc1ccc(C(O)c2c(C(C)C)nc3c(c2I)[C@@H](O[Si](C)(C)C(C)(C)C)CC(C)(C)C3)cc1. The van der Waals surface area contributed by atoms with Crippen molar-refractivity contribution in [1.82, 2.24) is 4.98 Å². The molecule has 1 heterocycles. The monoisotopic (exact) mass is 621 g/mol. The molecule has 2 atom stereocenters. The minimum absolute atomic E-state index is 0.00428. The molecular weight excluding hydrogens is 573 g/mol. The molecule has 0 amide bonds. The molecule has 1 aliphatic rings. The predicted molar refractivity (Wildman–Crippen MR) is 163 cm³/mol. The summed E-state index contributed by atoms with van der Waals surface area (Å²) in [5.74, 6) is 0.833. The first-order valence-corrected chi connectivity index (χ1v) is 17.6. The second-order valence-corrected chi connectivity index (χ2v) is 19.7. The number of aliphatic hydroxyl groups excluding tert-OH is 1. The molecule has 0 aliphatic heterocycles. The van der Waals surface area contributed by atoms with Gasteiger partial charge in [-0.3, -0.25) is 4.98 Å². The molecule has 0 fully saturated rings. The van der Waals surface area contributed by atoms with E-state index in [-0.39, 0.29) is 22.5 Å². The van der Waals surface area contributed by atoms with Crippen LogP contribution in [0.25, 0.3) is 0 Å². The standard InChI is InChI=1S/C31H48INO2Si/c1-19(2)16-21-12-14-22(15-13-21)29(34)26-27(32)25-23(33-28(26)20(3)4)17-31(8,9)18-24(25)35-36(10,11)30(5,6)7/h12-15,19-20,24,29,34H,16-18H2,1-11H3/t24-,29?/m0/s1. The molecule has 0 saturated heterocycles. The van der Waals surface area contributed by atoms with E-state index in [1.807, 2.05) is 0 Å². The molecule has 200 valence electrons. The summed E-state index contributed by atoms with van der Waals surface area (Å²) >= 11 is 2.48. The van der Waals surface area contributed by atoms with Gasteiger partial charge in [-0.1, -0.05) is 86.6 Å². The van der Waals surface area contributed by atoms with E-state index in [0.29, 0.717) is 5.92 Å². The van der Waals surface area contributed by atoms with Gasteiger partial charge in [-0.25, -0.2) is 0 Å². The van der Waals surface area contributed by atoms with Crippen molar-refractivity contribution >= 4 is 30.9 Å². The second kappa shape index (κ2) is 10.8. The van der Waals surface area contributed by atoms with Crippen molar-refractivity contribution in [3.05, 3.63) is 61.5 Å². The van der Waals surface area contributed by atoms with Gasteiger partial charge in [-0.2, -0.15) is 0 Å². The number of hydrogen-bond donors (Lipinski definition) is 1. The molecule has 1 aromatic heterocycles. The normalized spacial score (nSPS) is 19.0. The summed E-state index contributed by atoms with van der Waals surface area (Å²) in [4.78, 5) is 5.29. The Balaban J connectivity index is 2.14. The van der Waals surface area contributed by atoms with Gasteiger partial charge >= 0.3 is 0 Å². The maximum Gasteiger partial charge on any atom is 0.192 e. The lowest BCUT2D eigenvalue weighted by molar-refractivity contribution is 0.104. The first kappa shape index (κ1) is 29.8. The zero-order valence-electron chi connectivity index (χ0n) is 24.4. The predicted octanol–water partition coefficient (Wildman–Crippen LogP) is 9.13. The molecule has 3 nitrogen and oxygen atoms in total. The number of aromatic nitrogens is 1. The Morgan fingerprint density at radius 3 is 2.19 bits per heavy atom. The van der Waals surface area contributed by atoms with Crippen molar-refractivity contribution in [2.45, 2.75) is 118 Å². The molecule has 0 radical (unpaired) electrons.